The summed E-state index contributed by atoms with van der Waals surface area (Å²) in [6.07, 6.45) is 1.27. The van der Waals surface area contributed by atoms with Crippen LogP contribution in [0.25, 0.3) is 0 Å². The van der Waals surface area contributed by atoms with Crippen LogP contribution in [0.15, 0.2) is 30.3 Å². The Bertz CT molecular complexity index is 462. The zero-order valence-corrected chi connectivity index (χ0v) is 12.7. The number of hydrogen-bond acceptors (Lipinski definition) is 3. The van der Waals surface area contributed by atoms with E-state index < -0.39 is 12.0 Å². The van der Waals surface area contributed by atoms with E-state index >= 15 is 0 Å². The molecule has 0 aliphatic carbocycles. The van der Waals surface area contributed by atoms with Crippen LogP contribution in [0.3, 0.4) is 0 Å². The Morgan fingerprint density at radius 2 is 1.90 bits per heavy atom. The molecule has 0 fully saturated rings. The van der Waals surface area contributed by atoms with Crippen molar-refractivity contribution in [2.24, 2.45) is 11.7 Å². The van der Waals surface area contributed by atoms with Crippen molar-refractivity contribution in [3.05, 3.63) is 30.3 Å². The van der Waals surface area contributed by atoms with Gasteiger partial charge in [-0.15, -0.1) is 0 Å². The molecule has 21 heavy (non-hydrogen) atoms. The second-order valence-corrected chi connectivity index (χ2v) is 5.23. The predicted octanol–water partition coefficient (Wildman–Crippen LogP) is 2.26. The number of carbonyl (C=O) groups is 2. The van der Waals surface area contributed by atoms with E-state index in [1.165, 1.54) is 0 Å². The number of carboxylic acid groups (broad SMARTS) is 1. The summed E-state index contributed by atoms with van der Waals surface area (Å²) < 4.78 is 0. The Hall–Kier alpha value is -1.88. The predicted molar refractivity (Wildman–Crippen MR) is 83.1 cm³/mol. The smallest absolute Gasteiger partial charge is 0.303 e. The van der Waals surface area contributed by atoms with Gasteiger partial charge in [-0.25, -0.2) is 0 Å². The summed E-state index contributed by atoms with van der Waals surface area (Å²) in [5.74, 6) is -0.925. The van der Waals surface area contributed by atoms with Gasteiger partial charge in [0, 0.05) is 18.7 Å². The van der Waals surface area contributed by atoms with Gasteiger partial charge >= 0.3 is 5.97 Å². The van der Waals surface area contributed by atoms with Crippen LogP contribution in [0, 0.1) is 5.92 Å². The van der Waals surface area contributed by atoms with Crippen molar-refractivity contribution >= 4 is 17.6 Å². The van der Waals surface area contributed by atoms with Crippen molar-refractivity contribution in [1.82, 2.24) is 0 Å². The molecule has 0 radical (unpaired) electrons. The fraction of sp³-hybridized carbons (Fsp3) is 0.500. The normalized spacial score (nSPS) is 13.5. The number of benzene rings is 1. The highest BCUT2D eigenvalue weighted by Crippen LogP contribution is 2.18. The summed E-state index contributed by atoms with van der Waals surface area (Å²) in [5.41, 5.74) is 6.79. The molecular weight excluding hydrogens is 268 g/mol. The minimum Gasteiger partial charge on any atom is -0.481 e. The van der Waals surface area contributed by atoms with E-state index in [2.05, 4.69) is 0 Å². The lowest BCUT2D eigenvalue weighted by molar-refractivity contribution is -0.137. The number of hydrogen-bond donors (Lipinski definition) is 2. The molecule has 0 saturated heterocycles. The topological polar surface area (TPSA) is 83.6 Å². The van der Waals surface area contributed by atoms with E-state index in [-0.39, 0.29) is 18.2 Å². The second-order valence-electron chi connectivity index (χ2n) is 5.23. The molecule has 1 amide bonds. The number of carboxylic acids is 1. The van der Waals surface area contributed by atoms with Crippen LogP contribution in [-0.4, -0.2) is 29.6 Å². The molecule has 0 aliphatic rings. The first-order valence-electron chi connectivity index (χ1n) is 7.31. The van der Waals surface area contributed by atoms with Crippen LogP contribution in [-0.2, 0) is 9.59 Å². The first-order valence-corrected chi connectivity index (χ1v) is 7.31. The number of nitrogens with two attached hydrogens (primary N) is 1. The van der Waals surface area contributed by atoms with Crippen LogP contribution in [0.5, 0.6) is 0 Å². The molecule has 2 atom stereocenters. The molecule has 116 valence electrons. The number of nitrogens with zero attached hydrogens (tertiary/aromatic N) is 1. The van der Waals surface area contributed by atoms with Gasteiger partial charge in [0.1, 0.15) is 0 Å². The van der Waals surface area contributed by atoms with E-state index in [0.29, 0.717) is 13.0 Å². The highest BCUT2D eigenvalue weighted by atomic mass is 16.4. The average molecular weight is 292 g/mol. The van der Waals surface area contributed by atoms with Gasteiger partial charge in [0.05, 0.1) is 6.04 Å². The lowest BCUT2D eigenvalue weighted by atomic mass is 9.98. The monoisotopic (exact) mass is 292 g/mol. The Balaban J connectivity index is 2.86. The lowest BCUT2D eigenvalue weighted by Gasteiger charge is -2.28. The quantitative estimate of drug-likeness (QED) is 0.769. The van der Waals surface area contributed by atoms with E-state index in [1.54, 1.807) is 4.90 Å². The van der Waals surface area contributed by atoms with Gasteiger partial charge in [0.15, 0.2) is 0 Å². The van der Waals surface area contributed by atoms with E-state index in [4.69, 9.17) is 10.8 Å². The molecule has 0 spiro atoms. The minimum atomic E-state index is -0.860. The SMILES string of the molecule is CC[C@H](C)[C@H](N)C(=O)N(CCCC(=O)O)c1ccccc1. The summed E-state index contributed by atoms with van der Waals surface area (Å²) >= 11 is 0. The molecule has 1 aromatic carbocycles. The van der Waals surface area contributed by atoms with Gasteiger partial charge < -0.3 is 15.7 Å². The Morgan fingerprint density at radius 3 is 2.43 bits per heavy atom. The number of amides is 1. The van der Waals surface area contributed by atoms with E-state index in [1.807, 2.05) is 44.2 Å². The maximum Gasteiger partial charge on any atom is 0.303 e. The van der Waals surface area contributed by atoms with Gasteiger partial charge in [-0.05, 0) is 24.5 Å². The Labute approximate surface area is 125 Å². The third-order valence-electron chi connectivity index (χ3n) is 3.65. The first-order chi connectivity index (χ1) is 9.97. The van der Waals surface area contributed by atoms with Crippen LogP contribution in [0.2, 0.25) is 0 Å². The molecule has 3 N–H and O–H groups in total. The number of aliphatic carboxylic acids is 1. The third-order valence-corrected chi connectivity index (χ3v) is 3.65. The zero-order chi connectivity index (χ0) is 15.8. The molecule has 0 aromatic heterocycles. The molecule has 0 heterocycles. The minimum absolute atomic E-state index is 0.0369. The fourth-order valence-electron chi connectivity index (χ4n) is 2.04. The Morgan fingerprint density at radius 1 is 1.29 bits per heavy atom. The molecule has 1 rings (SSSR count). The van der Waals surface area contributed by atoms with Gasteiger partial charge in [-0.1, -0.05) is 38.5 Å². The summed E-state index contributed by atoms with van der Waals surface area (Å²) in [7, 11) is 0. The van der Waals surface area contributed by atoms with E-state index in [0.717, 1.165) is 12.1 Å². The van der Waals surface area contributed by atoms with Crippen molar-refractivity contribution in [1.29, 1.82) is 0 Å². The number of rotatable bonds is 8. The molecule has 0 bridgehead atoms. The molecule has 5 nitrogen and oxygen atoms in total. The van der Waals surface area contributed by atoms with Gasteiger partial charge in [0.25, 0.3) is 0 Å². The number of carbonyl (C=O) groups excluding carboxylic acids is 1. The maximum absolute atomic E-state index is 12.6. The van der Waals surface area contributed by atoms with Crippen molar-refractivity contribution in [3.63, 3.8) is 0 Å². The van der Waals surface area contributed by atoms with Crippen LogP contribution in [0.4, 0.5) is 5.69 Å². The summed E-state index contributed by atoms with van der Waals surface area (Å²) in [6.45, 7) is 4.30. The first kappa shape index (κ1) is 17.2. The van der Waals surface area contributed by atoms with Crippen molar-refractivity contribution in [2.75, 3.05) is 11.4 Å². The van der Waals surface area contributed by atoms with Crippen molar-refractivity contribution in [2.45, 2.75) is 39.2 Å². The summed E-state index contributed by atoms with van der Waals surface area (Å²) in [4.78, 5) is 24.8. The molecule has 5 heteroatoms. The van der Waals surface area contributed by atoms with Crippen LogP contribution in [0.1, 0.15) is 33.1 Å². The molecule has 0 saturated carbocycles. The largest absolute Gasteiger partial charge is 0.481 e. The lowest BCUT2D eigenvalue weighted by Crippen LogP contribution is -2.47. The highest BCUT2D eigenvalue weighted by Gasteiger charge is 2.25. The maximum atomic E-state index is 12.6. The zero-order valence-electron chi connectivity index (χ0n) is 12.7. The van der Waals surface area contributed by atoms with Crippen LogP contribution < -0.4 is 10.6 Å². The molecule has 0 unspecified atom stereocenters. The molecule has 1 aromatic rings. The third kappa shape index (κ3) is 5.19. The van der Waals surface area contributed by atoms with Crippen molar-refractivity contribution < 1.29 is 14.7 Å². The highest BCUT2D eigenvalue weighted by molar-refractivity contribution is 5.97. The standard InChI is InChI=1S/C16H24N2O3/c1-3-12(2)15(17)16(21)18(11-7-10-14(19)20)13-8-5-4-6-9-13/h4-6,8-9,12,15H,3,7,10-11,17H2,1-2H3,(H,19,20)/t12-,15-/m0/s1. The summed E-state index contributed by atoms with van der Waals surface area (Å²) in [5, 5.41) is 8.74. The number of anilines is 1. The molecule has 0 aliphatic heterocycles. The Kier molecular flexibility index (Phi) is 6.88. The fourth-order valence-corrected chi connectivity index (χ4v) is 2.04. The van der Waals surface area contributed by atoms with Gasteiger partial charge in [0.2, 0.25) is 5.91 Å². The summed E-state index contributed by atoms with van der Waals surface area (Å²) in [6, 6.07) is 8.67. The van der Waals surface area contributed by atoms with Crippen molar-refractivity contribution in [3.8, 4) is 0 Å². The van der Waals surface area contributed by atoms with Gasteiger partial charge in [-0.2, -0.15) is 0 Å². The average Bonchev–Trinajstić information content (AvgIpc) is 2.50. The molecular formula is C16H24N2O3. The second kappa shape index (κ2) is 8.42. The van der Waals surface area contributed by atoms with Gasteiger partial charge in [-0.3, -0.25) is 9.59 Å². The number of para-hydroxylation sites is 1. The van der Waals surface area contributed by atoms with Crippen LogP contribution >= 0.6 is 0 Å². The van der Waals surface area contributed by atoms with E-state index in [9.17, 15) is 9.59 Å².